The standard InChI is InChI=1S/C14H18N4O4/c1-15-13(20)11-7-18(8-12(19)17-14(21)16-2)9-5-3-4-6-10(9)22-11/h3-6,11H,7-8H2,1-2H3,(H,15,20)(H2,16,17,19,21). The number of benzene rings is 1. The van der Waals surface area contributed by atoms with Crippen molar-refractivity contribution in [3.05, 3.63) is 24.3 Å². The maximum atomic E-state index is 11.9. The van der Waals surface area contributed by atoms with Gasteiger partial charge in [-0.05, 0) is 12.1 Å². The Kier molecular flexibility index (Phi) is 4.82. The number of nitrogens with one attached hydrogen (secondary N) is 3. The number of rotatable bonds is 3. The SMILES string of the molecule is CNC(=O)NC(=O)CN1CC(C(=O)NC)Oc2ccccc21. The number of ether oxygens (including phenoxy) is 1. The zero-order valence-corrected chi connectivity index (χ0v) is 12.4. The minimum Gasteiger partial charge on any atom is -0.477 e. The van der Waals surface area contributed by atoms with Crippen LogP contribution in [0.5, 0.6) is 5.75 Å². The van der Waals surface area contributed by atoms with Crippen molar-refractivity contribution >= 4 is 23.5 Å². The van der Waals surface area contributed by atoms with Crippen molar-refractivity contribution in [2.75, 3.05) is 32.1 Å². The lowest BCUT2D eigenvalue weighted by Crippen LogP contribution is -2.51. The molecule has 3 N–H and O–H groups in total. The Labute approximate surface area is 127 Å². The molecule has 0 fully saturated rings. The van der Waals surface area contributed by atoms with Gasteiger partial charge in [0.05, 0.1) is 18.8 Å². The first-order valence-electron chi connectivity index (χ1n) is 6.79. The molecule has 0 aromatic heterocycles. The molecule has 1 heterocycles. The van der Waals surface area contributed by atoms with Crippen LogP contribution < -0.4 is 25.6 Å². The molecule has 22 heavy (non-hydrogen) atoms. The summed E-state index contributed by atoms with van der Waals surface area (Å²) in [5.74, 6) is -0.215. The normalized spacial score (nSPS) is 16.1. The number of para-hydroxylation sites is 2. The summed E-state index contributed by atoms with van der Waals surface area (Å²) in [5.41, 5.74) is 0.703. The molecule has 4 amide bonds. The van der Waals surface area contributed by atoms with Gasteiger partial charge >= 0.3 is 6.03 Å². The monoisotopic (exact) mass is 306 g/mol. The summed E-state index contributed by atoms with van der Waals surface area (Å²) in [6.07, 6.45) is -0.715. The maximum absolute atomic E-state index is 11.9. The highest BCUT2D eigenvalue weighted by atomic mass is 16.5. The van der Waals surface area contributed by atoms with Gasteiger partial charge in [0.1, 0.15) is 5.75 Å². The zero-order chi connectivity index (χ0) is 16.1. The molecule has 0 saturated carbocycles. The van der Waals surface area contributed by atoms with Crippen molar-refractivity contribution in [2.24, 2.45) is 0 Å². The maximum Gasteiger partial charge on any atom is 0.321 e. The topological polar surface area (TPSA) is 99.8 Å². The highest BCUT2D eigenvalue weighted by molar-refractivity contribution is 5.96. The molecule has 2 rings (SSSR count). The number of nitrogens with zero attached hydrogens (tertiary/aromatic N) is 1. The number of urea groups is 1. The minimum atomic E-state index is -0.715. The summed E-state index contributed by atoms with van der Waals surface area (Å²) in [7, 11) is 2.95. The number of likely N-dealkylation sites (N-methyl/N-ethyl adjacent to an activating group) is 1. The summed E-state index contributed by atoms with van der Waals surface area (Å²) in [6, 6.07) is 6.55. The molecule has 0 radical (unpaired) electrons. The highest BCUT2D eigenvalue weighted by Gasteiger charge is 2.31. The highest BCUT2D eigenvalue weighted by Crippen LogP contribution is 2.32. The summed E-state index contributed by atoms with van der Waals surface area (Å²) in [4.78, 5) is 36.6. The number of imide groups is 1. The van der Waals surface area contributed by atoms with Gasteiger partial charge in [-0.25, -0.2) is 4.79 Å². The fraction of sp³-hybridized carbons (Fsp3) is 0.357. The van der Waals surface area contributed by atoms with Crippen molar-refractivity contribution < 1.29 is 19.1 Å². The van der Waals surface area contributed by atoms with Crippen LogP contribution in [0.25, 0.3) is 0 Å². The predicted octanol–water partition coefficient (Wildman–Crippen LogP) is -0.544. The predicted molar refractivity (Wildman–Crippen MR) is 79.7 cm³/mol. The van der Waals surface area contributed by atoms with Crippen LogP contribution in [0.2, 0.25) is 0 Å². The molecule has 1 aliphatic heterocycles. The lowest BCUT2D eigenvalue weighted by Gasteiger charge is -2.34. The first kappa shape index (κ1) is 15.6. The van der Waals surface area contributed by atoms with E-state index in [0.717, 1.165) is 0 Å². The second kappa shape index (κ2) is 6.79. The van der Waals surface area contributed by atoms with Crippen molar-refractivity contribution in [1.82, 2.24) is 16.0 Å². The van der Waals surface area contributed by atoms with Crippen LogP contribution in [0, 0.1) is 0 Å². The van der Waals surface area contributed by atoms with Gasteiger partial charge in [0.15, 0.2) is 6.10 Å². The van der Waals surface area contributed by atoms with E-state index in [2.05, 4.69) is 16.0 Å². The van der Waals surface area contributed by atoms with Crippen molar-refractivity contribution in [1.29, 1.82) is 0 Å². The second-order valence-electron chi connectivity index (χ2n) is 4.70. The van der Waals surface area contributed by atoms with Crippen LogP contribution in [-0.2, 0) is 9.59 Å². The third-order valence-corrected chi connectivity index (χ3v) is 3.21. The summed E-state index contributed by atoms with van der Waals surface area (Å²) >= 11 is 0. The Hall–Kier alpha value is -2.77. The van der Waals surface area contributed by atoms with Crippen molar-refractivity contribution in [3.8, 4) is 5.75 Å². The average molecular weight is 306 g/mol. The molecule has 0 saturated heterocycles. The van der Waals surface area contributed by atoms with E-state index < -0.39 is 18.0 Å². The Morgan fingerprint density at radius 3 is 2.64 bits per heavy atom. The van der Waals surface area contributed by atoms with Gasteiger partial charge in [-0.3, -0.25) is 14.9 Å². The fourth-order valence-electron chi connectivity index (χ4n) is 2.16. The first-order valence-corrected chi connectivity index (χ1v) is 6.79. The minimum absolute atomic E-state index is 0.0543. The molecule has 0 spiro atoms. The lowest BCUT2D eigenvalue weighted by molar-refractivity contribution is -0.127. The van der Waals surface area contributed by atoms with Gasteiger partial charge in [-0.2, -0.15) is 0 Å². The van der Waals surface area contributed by atoms with Crippen LogP contribution in [-0.4, -0.2) is 51.1 Å². The lowest BCUT2D eigenvalue weighted by atomic mass is 10.1. The van der Waals surface area contributed by atoms with E-state index in [1.54, 1.807) is 23.1 Å². The Bertz CT molecular complexity index is 590. The molecule has 1 aromatic rings. The first-order chi connectivity index (χ1) is 10.5. The number of hydrogen-bond acceptors (Lipinski definition) is 5. The van der Waals surface area contributed by atoms with Crippen LogP contribution in [0.1, 0.15) is 0 Å². The van der Waals surface area contributed by atoms with E-state index in [-0.39, 0.29) is 19.0 Å². The van der Waals surface area contributed by atoms with Gasteiger partial charge in [0.2, 0.25) is 5.91 Å². The largest absolute Gasteiger partial charge is 0.477 e. The Balaban J connectivity index is 2.16. The van der Waals surface area contributed by atoms with Crippen LogP contribution in [0.4, 0.5) is 10.5 Å². The fourth-order valence-corrected chi connectivity index (χ4v) is 2.16. The molecule has 1 aromatic carbocycles. The third kappa shape index (κ3) is 3.46. The quantitative estimate of drug-likeness (QED) is 0.696. The van der Waals surface area contributed by atoms with Gasteiger partial charge in [-0.1, -0.05) is 12.1 Å². The van der Waals surface area contributed by atoms with Crippen molar-refractivity contribution in [2.45, 2.75) is 6.10 Å². The van der Waals surface area contributed by atoms with Crippen LogP contribution in [0.3, 0.4) is 0 Å². The molecule has 118 valence electrons. The van der Waals surface area contributed by atoms with E-state index >= 15 is 0 Å². The number of anilines is 1. The summed E-state index contributed by atoms with van der Waals surface area (Å²) in [5, 5.41) is 7.03. The molecule has 1 unspecified atom stereocenters. The van der Waals surface area contributed by atoms with E-state index in [4.69, 9.17) is 4.74 Å². The molecule has 0 bridgehead atoms. The van der Waals surface area contributed by atoms with Gasteiger partial charge in [0.25, 0.3) is 5.91 Å². The number of hydrogen-bond donors (Lipinski definition) is 3. The van der Waals surface area contributed by atoms with Gasteiger partial charge < -0.3 is 20.3 Å². The molecule has 1 aliphatic rings. The smallest absolute Gasteiger partial charge is 0.321 e. The van der Waals surface area contributed by atoms with E-state index in [1.807, 2.05) is 6.07 Å². The Morgan fingerprint density at radius 1 is 1.23 bits per heavy atom. The van der Waals surface area contributed by atoms with Crippen LogP contribution >= 0.6 is 0 Å². The number of amides is 4. The molecular weight excluding hydrogens is 288 g/mol. The van der Waals surface area contributed by atoms with Gasteiger partial charge in [0, 0.05) is 14.1 Å². The van der Waals surface area contributed by atoms with E-state index in [0.29, 0.717) is 11.4 Å². The average Bonchev–Trinajstić information content (AvgIpc) is 2.53. The molecule has 8 nitrogen and oxygen atoms in total. The van der Waals surface area contributed by atoms with E-state index in [9.17, 15) is 14.4 Å². The second-order valence-corrected chi connectivity index (χ2v) is 4.70. The van der Waals surface area contributed by atoms with Gasteiger partial charge in [-0.15, -0.1) is 0 Å². The van der Waals surface area contributed by atoms with E-state index in [1.165, 1.54) is 14.1 Å². The summed E-state index contributed by atoms with van der Waals surface area (Å²) < 4.78 is 5.63. The molecule has 0 aliphatic carbocycles. The number of carbonyl (C=O) groups excluding carboxylic acids is 3. The number of carbonyl (C=O) groups is 3. The van der Waals surface area contributed by atoms with Crippen LogP contribution in [0.15, 0.2) is 24.3 Å². The molecule has 8 heteroatoms. The number of fused-ring (bicyclic) bond motifs is 1. The zero-order valence-electron chi connectivity index (χ0n) is 12.4. The molecule has 1 atom stereocenters. The third-order valence-electron chi connectivity index (χ3n) is 3.21. The Morgan fingerprint density at radius 2 is 1.95 bits per heavy atom. The van der Waals surface area contributed by atoms with Crippen molar-refractivity contribution in [3.63, 3.8) is 0 Å². The summed E-state index contributed by atoms with van der Waals surface area (Å²) in [6.45, 7) is 0.166. The molecular formula is C14H18N4O4.